The molecule has 0 aliphatic carbocycles. The zero-order chi connectivity index (χ0) is 21.7. The molecule has 0 saturated carbocycles. The van der Waals surface area contributed by atoms with Crippen LogP contribution in [0.4, 0.5) is 4.79 Å². The van der Waals surface area contributed by atoms with Gasteiger partial charge in [-0.3, -0.25) is 14.4 Å². The number of carbonyl (C=O) groups excluding carboxylic acids is 4. The Bertz CT molecular complexity index is 801. The summed E-state index contributed by atoms with van der Waals surface area (Å²) in [6, 6.07) is -1.94. The molecule has 3 heterocycles. The Morgan fingerprint density at radius 2 is 1.93 bits per heavy atom. The number of piperazine rings is 1. The highest BCUT2D eigenvalue weighted by Crippen LogP contribution is 2.15. The van der Waals surface area contributed by atoms with Gasteiger partial charge < -0.3 is 25.8 Å². The van der Waals surface area contributed by atoms with E-state index in [0.717, 1.165) is 6.42 Å². The van der Waals surface area contributed by atoms with Gasteiger partial charge in [-0.25, -0.2) is 14.8 Å². The number of urea groups is 1. The summed E-state index contributed by atoms with van der Waals surface area (Å²) < 4.78 is 0. The first kappa shape index (κ1) is 21.5. The predicted molar refractivity (Wildman–Crippen MR) is 106 cm³/mol. The van der Waals surface area contributed by atoms with Crippen LogP contribution in [-0.2, 0) is 9.59 Å². The van der Waals surface area contributed by atoms with Crippen molar-refractivity contribution < 1.29 is 19.2 Å². The number of nitrogens with one attached hydrogen (secondary N) is 3. The van der Waals surface area contributed by atoms with Gasteiger partial charge in [-0.05, 0) is 26.7 Å². The maximum atomic E-state index is 13.1. The maximum Gasteiger partial charge on any atom is 0.317 e. The number of aromatic nitrogens is 2. The highest BCUT2D eigenvalue weighted by atomic mass is 16.2. The lowest BCUT2D eigenvalue weighted by Crippen LogP contribution is -2.64. The van der Waals surface area contributed by atoms with Crippen LogP contribution in [0.25, 0.3) is 0 Å². The number of hydrogen-bond donors (Lipinski definition) is 3. The zero-order valence-corrected chi connectivity index (χ0v) is 17.1. The monoisotopic (exact) mass is 417 g/mol. The molecule has 3 N–H and O–H groups in total. The van der Waals surface area contributed by atoms with E-state index in [1.54, 1.807) is 0 Å². The van der Waals surface area contributed by atoms with Crippen LogP contribution in [0.3, 0.4) is 0 Å². The largest absolute Gasteiger partial charge is 0.354 e. The van der Waals surface area contributed by atoms with Gasteiger partial charge in [0.1, 0.15) is 18.4 Å². The third-order valence-corrected chi connectivity index (χ3v) is 5.05. The molecule has 11 nitrogen and oxygen atoms in total. The van der Waals surface area contributed by atoms with E-state index in [0.29, 0.717) is 13.0 Å². The second-order valence-corrected chi connectivity index (χ2v) is 7.69. The molecule has 0 aromatic carbocycles. The third-order valence-electron chi connectivity index (χ3n) is 5.05. The predicted octanol–water partition coefficient (Wildman–Crippen LogP) is -0.884. The van der Waals surface area contributed by atoms with Crippen molar-refractivity contribution in [2.75, 3.05) is 26.2 Å². The van der Waals surface area contributed by atoms with Gasteiger partial charge in [0.15, 0.2) is 0 Å². The molecule has 1 aromatic rings. The average molecular weight is 417 g/mol. The van der Waals surface area contributed by atoms with E-state index in [4.69, 9.17) is 0 Å². The number of rotatable bonds is 4. The lowest BCUT2D eigenvalue weighted by Gasteiger charge is -2.41. The first-order valence-corrected chi connectivity index (χ1v) is 10.1. The molecule has 0 radical (unpaired) electrons. The van der Waals surface area contributed by atoms with Crippen LogP contribution < -0.4 is 16.0 Å². The van der Waals surface area contributed by atoms with E-state index in [2.05, 4.69) is 25.9 Å². The van der Waals surface area contributed by atoms with Crippen LogP contribution >= 0.6 is 0 Å². The van der Waals surface area contributed by atoms with E-state index >= 15 is 0 Å². The van der Waals surface area contributed by atoms with Crippen LogP contribution in [0, 0.1) is 0 Å². The molecule has 1 aromatic heterocycles. The SMILES string of the molecule is CC(C)NC(=O)N1CCN(C(=O)c2cncnc2)[C@@H](C(=O)N[C@H]2CCCNC2=O)C1. The fraction of sp³-hybridized carbons (Fsp3) is 0.579. The second-order valence-electron chi connectivity index (χ2n) is 7.69. The highest BCUT2D eigenvalue weighted by Gasteiger charge is 2.39. The lowest BCUT2D eigenvalue weighted by atomic mass is 10.0. The Labute approximate surface area is 174 Å². The van der Waals surface area contributed by atoms with Crippen molar-refractivity contribution in [2.24, 2.45) is 0 Å². The van der Waals surface area contributed by atoms with Gasteiger partial charge in [-0.1, -0.05) is 0 Å². The Balaban J connectivity index is 1.78. The Morgan fingerprint density at radius 3 is 2.60 bits per heavy atom. The minimum Gasteiger partial charge on any atom is -0.354 e. The Hall–Kier alpha value is -3.24. The van der Waals surface area contributed by atoms with Crippen molar-refractivity contribution >= 4 is 23.8 Å². The van der Waals surface area contributed by atoms with E-state index < -0.39 is 23.9 Å². The van der Waals surface area contributed by atoms with Gasteiger partial charge in [0.05, 0.1) is 12.1 Å². The molecule has 0 spiro atoms. The van der Waals surface area contributed by atoms with Crippen LogP contribution in [-0.4, -0.2) is 87.8 Å². The highest BCUT2D eigenvalue weighted by molar-refractivity contribution is 5.98. The van der Waals surface area contributed by atoms with Crippen LogP contribution in [0.1, 0.15) is 37.0 Å². The second kappa shape index (κ2) is 9.51. The fourth-order valence-electron chi connectivity index (χ4n) is 3.53. The summed E-state index contributed by atoms with van der Waals surface area (Å²) in [5.41, 5.74) is 0.255. The molecule has 2 aliphatic rings. The molecule has 2 aliphatic heterocycles. The van der Waals surface area contributed by atoms with Gasteiger partial charge in [0.25, 0.3) is 5.91 Å². The third kappa shape index (κ3) is 5.02. The standard InChI is InChI=1S/C19H27N7O4/c1-12(2)23-19(30)25-6-7-26(18(29)13-8-20-11-21-9-13)15(10-25)17(28)24-14-4-3-5-22-16(14)27/h8-9,11-12,14-15H,3-7,10H2,1-2H3,(H,22,27)(H,23,30)(H,24,28)/t14-,15+/m0/s1. The lowest BCUT2D eigenvalue weighted by molar-refractivity contribution is -0.133. The van der Waals surface area contributed by atoms with Crippen molar-refractivity contribution in [1.29, 1.82) is 0 Å². The van der Waals surface area contributed by atoms with E-state index in [-0.39, 0.29) is 43.2 Å². The van der Waals surface area contributed by atoms with Crippen molar-refractivity contribution in [3.63, 3.8) is 0 Å². The number of hydrogen-bond acceptors (Lipinski definition) is 6. The molecule has 5 amide bonds. The molecule has 2 saturated heterocycles. The quantitative estimate of drug-likeness (QED) is 0.582. The molecule has 11 heteroatoms. The molecule has 2 atom stereocenters. The molecule has 3 rings (SSSR count). The van der Waals surface area contributed by atoms with Crippen LogP contribution in [0.2, 0.25) is 0 Å². The Kier molecular flexibility index (Phi) is 6.80. The van der Waals surface area contributed by atoms with Gasteiger partial charge >= 0.3 is 6.03 Å². The molecular formula is C19H27N7O4. The minimum absolute atomic E-state index is 0.0259. The molecule has 30 heavy (non-hydrogen) atoms. The van der Waals surface area contributed by atoms with Crippen LogP contribution in [0.15, 0.2) is 18.7 Å². The van der Waals surface area contributed by atoms with Gasteiger partial charge in [-0.15, -0.1) is 0 Å². The van der Waals surface area contributed by atoms with Crippen molar-refractivity contribution in [3.8, 4) is 0 Å². The summed E-state index contributed by atoms with van der Waals surface area (Å²) in [6.07, 6.45) is 5.38. The molecular weight excluding hydrogens is 390 g/mol. The molecule has 162 valence electrons. The van der Waals surface area contributed by atoms with Crippen molar-refractivity contribution in [2.45, 2.75) is 44.8 Å². The first-order chi connectivity index (χ1) is 14.4. The summed E-state index contributed by atoms with van der Waals surface area (Å²) in [7, 11) is 0. The summed E-state index contributed by atoms with van der Waals surface area (Å²) in [5, 5.41) is 8.27. The maximum absolute atomic E-state index is 13.1. The fourth-order valence-corrected chi connectivity index (χ4v) is 3.53. The molecule has 2 fully saturated rings. The van der Waals surface area contributed by atoms with E-state index in [9.17, 15) is 19.2 Å². The van der Waals surface area contributed by atoms with Crippen LogP contribution in [0.5, 0.6) is 0 Å². The normalized spacial score (nSPS) is 21.8. The average Bonchev–Trinajstić information content (AvgIpc) is 2.74. The minimum atomic E-state index is -0.931. The Morgan fingerprint density at radius 1 is 1.20 bits per heavy atom. The number of piperidine rings is 1. The van der Waals surface area contributed by atoms with E-state index in [1.165, 1.54) is 28.5 Å². The molecule has 0 bridgehead atoms. The topological polar surface area (TPSA) is 137 Å². The number of amides is 5. The van der Waals surface area contributed by atoms with Crippen molar-refractivity contribution in [3.05, 3.63) is 24.3 Å². The zero-order valence-electron chi connectivity index (χ0n) is 17.1. The van der Waals surface area contributed by atoms with Gasteiger partial charge in [0.2, 0.25) is 11.8 Å². The van der Waals surface area contributed by atoms with Gasteiger partial charge in [0, 0.05) is 38.1 Å². The smallest absolute Gasteiger partial charge is 0.317 e. The van der Waals surface area contributed by atoms with Crippen molar-refractivity contribution in [1.82, 2.24) is 35.7 Å². The molecule has 0 unspecified atom stereocenters. The summed E-state index contributed by atoms with van der Waals surface area (Å²) in [6.45, 7) is 4.76. The summed E-state index contributed by atoms with van der Waals surface area (Å²) in [4.78, 5) is 61.2. The summed E-state index contributed by atoms with van der Waals surface area (Å²) in [5.74, 6) is -1.11. The first-order valence-electron chi connectivity index (χ1n) is 10.1. The summed E-state index contributed by atoms with van der Waals surface area (Å²) >= 11 is 0. The number of nitrogens with zero attached hydrogens (tertiary/aromatic N) is 4. The van der Waals surface area contributed by atoms with Gasteiger partial charge in [-0.2, -0.15) is 0 Å². The van der Waals surface area contributed by atoms with E-state index in [1.807, 2.05) is 13.8 Å². The number of carbonyl (C=O) groups is 4.